The van der Waals surface area contributed by atoms with Crippen LogP contribution in [0.4, 0.5) is 11.4 Å². The smallest absolute Gasteiger partial charge is 0.229 e. The molecule has 0 unspecified atom stereocenters. The van der Waals surface area contributed by atoms with Crippen LogP contribution in [0.2, 0.25) is 10.0 Å². The number of carbonyl (C=O) groups excluding carboxylic acids is 1. The molecule has 1 aliphatic rings. The van der Waals surface area contributed by atoms with E-state index in [-0.39, 0.29) is 12.3 Å². The number of carbonyl (C=O) groups is 1. The van der Waals surface area contributed by atoms with Gasteiger partial charge in [-0.25, -0.2) is 0 Å². The fraction of sp³-hybridized carbons (Fsp3) is 0.263. The molecule has 2 N–H and O–H groups in total. The molecule has 0 bridgehead atoms. The second-order valence-corrected chi connectivity index (χ2v) is 7.40. The number of halogens is 2. The molecule has 1 fully saturated rings. The predicted octanol–water partition coefficient (Wildman–Crippen LogP) is 4.86. The molecule has 6 heteroatoms. The summed E-state index contributed by atoms with van der Waals surface area (Å²) < 4.78 is 0. The van der Waals surface area contributed by atoms with Crippen molar-refractivity contribution >= 4 is 46.2 Å². The number of amides is 1. The van der Waals surface area contributed by atoms with Gasteiger partial charge in [0.05, 0.1) is 39.1 Å². The first kappa shape index (κ1) is 17.8. The molecule has 130 valence electrons. The number of rotatable bonds is 3. The first-order valence-electron chi connectivity index (χ1n) is 7.96. The summed E-state index contributed by atoms with van der Waals surface area (Å²) in [5.74, 6) is 0.0474. The Labute approximate surface area is 157 Å². The molecule has 1 saturated heterocycles. The maximum absolute atomic E-state index is 12.6. The van der Waals surface area contributed by atoms with Crippen molar-refractivity contribution in [3.63, 3.8) is 0 Å². The fourth-order valence-electron chi connectivity index (χ4n) is 2.94. The molecule has 25 heavy (non-hydrogen) atoms. The van der Waals surface area contributed by atoms with Crippen molar-refractivity contribution < 1.29 is 4.79 Å². The highest BCUT2D eigenvalue weighted by Gasteiger charge is 2.43. The summed E-state index contributed by atoms with van der Waals surface area (Å²) in [6.07, 6.45) is 0.263. The van der Waals surface area contributed by atoms with E-state index in [1.807, 2.05) is 49.1 Å². The minimum absolute atomic E-state index is 0.0474. The fourth-order valence-corrected chi connectivity index (χ4v) is 3.27. The number of nitrogens with two attached hydrogens (primary N) is 1. The Balaban J connectivity index is 1.94. The zero-order chi connectivity index (χ0) is 18.2. The number of likely N-dealkylation sites (tertiary alicyclic amines) is 1. The lowest BCUT2D eigenvalue weighted by Crippen LogP contribution is -2.43. The van der Waals surface area contributed by atoms with Gasteiger partial charge >= 0.3 is 0 Å². The van der Waals surface area contributed by atoms with Crippen molar-refractivity contribution in [3.8, 4) is 0 Å². The molecule has 0 aromatic heterocycles. The number of hydrogen-bond donors (Lipinski definition) is 1. The van der Waals surface area contributed by atoms with Crippen LogP contribution in [-0.4, -0.2) is 22.1 Å². The highest BCUT2D eigenvalue weighted by Crippen LogP contribution is 2.36. The molecular formula is C19H19Cl2N3O. The monoisotopic (exact) mass is 375 g/mol. The summed E-state index contributed by atoms with van der Waals surface area (Å²) in [6, 6.07) is 13.1. The molecular weight excluding hydrogens is 357 g/mol. The summed E-state index contributed by atoms with van der Waals surface area (Å²) in [7, 11) is 0. The van der Waals surface area contributed by atoms with Gasteiger partial charge in [-0.05, 0) is 31.5 Å². The van der Waals surface area contributed by atoms with Crippen LogP contribution in [0.25, 0.3) is 0 Å². The third-order valence-electron chi connectivity index (χ3n) is 4.51. The number of nitrogen functional groups attached to an aromatic ring is 1. The van der Waals surface area contributed by atoms with Crippen molar-refractivity contribution in [2.75, 3.05) is 5.73 Å². The number of hydrogen-bond acceptors (Lipinski definition) is 3. The summed E-state index contributed by atoms with van der Waals surface area (Å²) in [4.78, 5) is 19.1. The molecule has 0 atom stereocenters. The standard InChI is InChI=1S/C19H19Cl2N3O/c1-19(2)17(23-16-9-14(21)13(20)8-15(16)22)10-18(25)24(19)11-12-6-4-3-5-7-12/h3-9H,10-11,22H2,1-2H3. The van der Waals surface area contributed by atoms with Gasteiger partial charge in [0.15, 0.2) is 0 Å². The Morgan fingerprint density at radius 3 is 2.48 bits per heavy atom. The second-order valence-electron chi connectivity index (χ2n) is 6.58. The van der Waals surface area contributed by atoms with E-state index in [2.05, 4.69) is 4.99 Å². The van der Waals surface area contributed by atoms with E-state index >= 15 is 0 Å². The van der Waals surface area contributed by atoms with Gasteiger partial charge in [-0.3, -0.25) is 9.79 Å². The summed E-state index contributed by atoms with van der Waals surface area (Å²) in [5.41, 5.74) is 8.31. The van der Waals surface area contributed by atoms with Gasteiger partial charge in [0.25, 0.3) is 0 Å². The van der Waals surface area contributed by atoms with Gasteiger partial charge in [-0.2, -0.15) is 0 Å². The Hall–Kier alpha value is -2.04. The Morgan fingerprint density at radius 2 is 1.80 bits per heavy atom. The van der Waals surface area contributed by atoms with Crippen LogP contribution in [0.1, 0.15) is 25.8 Å². The third-order valence-corrected chi connectivity index (χ3v) is 5.23. The van der Waals surface area contributed by atoms with E-state index in [0.29, 0.717) is 28.0 Å². The van der Waals surface area contributed by atoms with Gasteiger partial charge in [0.1, 0.15) is 0 Å². The molecule has 0 aliphatic carbocycles. The lowest BCUT2D eigenvalue weighted by molar-refractivity contribution is -0.131. The Kier molecular flexibility index (Phi) is 4.76. The second kappa shape index (κ2) is 6.70. The molecule has 3 rings (SSSR count). The number of nitrogens with zero attached hydrogens (tertiary/aromatic N) is 2. The summed E-state index contributed by atoms with van der Waals surface area (Å²) >= 11 is 12.0. The zero-order valence-corrected chi connectivity index (χ0v) is 15.6. The number of benzene rings is 2. The predicted molar refractivity (Wildman–Crippen MR) is 104 cm³/mol. The van der Waals surface area contributed by atoms with Crippen LogP contribution in [0.3, 0.4) is 0 Å². The number of anilines is 1. The van der Waals surface area contributed by atoms with Gasteiger partial charge in [0.2, 0.25) is 5.91 Å². The van der Waals surface area contributed by atoms with Crippen LogP contribution >= 0.6 is 23.2 Å². The Morgan fingerprint density at radius 1 is 1.16 bits per heavy atom. The lowest BCUT2D eigenvalue weighted by atomic mass is 9.98. The van der Waals surface area contributed by atoms with E-state index in [9.17, 15) is 4.79 Å². The molecule has 1 amide bonds. The van der Waals surface area contributed by atoms with Crippen molar-refractivity contribution in [2.45, 2.75) is 32.4 Å². The summed E-state index contributed by atoms with van der Waals surface area (Å²) in [6.45, 7) is 4.53. The lowest BCUT2D eigenvalue weighted by Gasteiger charge is -2.32. The van der Waals surface area contributed by atoms with Crippen molar-refractivity contribution in [2.24, 2.45) is 4.99 Å². The summed E-state index contributed by atoms with van der Waals surface area (Å²) in [5, 5.41) is 0.772. The molecule has 2 aromatic rings. The van der Waals surface area contributed by atoms with Gasteiger partial charge < -0.3 is 10.6 Å². The molecule has 0 saturated carbocycles. The third kappa shape index (κ3) is 3.51. The molecule has 2 aromatic carbocycles. The van der Waals surface area contributed by atoms with Gasteiger partial charge in [-0.15, -0.1) is 0 Å². The largest absolute Gasteiger partial charge is 0.397 e. The quantitative estimate of drug-likeness (QED) is 0.778. The number of aliphatic imine (C=N–C) groups is 1. The van der Waals surface area contributed by atoms with Crippen LogP contribution in [0.15, 0.2) is 47.5 Å². The first-order valence-corrected chi connectivity index (χ1v) is 8.71. The van der Waals surface area contributed by atoms with E-state index in [4.69, 9.17) is 28.9 Å². The van der Waals surface area contributed by atoms with Crippen molar-refractivity contribution in [1.82, 2.24) is 4.90 Å². The first-order chi connectivity index (χ1) is 11.8. The van der Waals surface area contributed by atoms with Crippen molar-refractivity contribution in [3.05, 3.63) is 58.1 Å². The molecule has 1 aliphatic heterocycles. The minimum atomic E-state index is -0.508. The molecule has 0 radical (unpaired) electrons. The van der Waals surface area contributed by atoms with E-state index in [0.717, 1.165) is 11.3 Å². The molecule has 0 spiro atoms. The maximum Gasteiger partial charge on any atom is 0.229 e. The van der Waals surface area contributed by atoms with Crippen LogP contribution < -0.4 is 5.73 Å². The zero-order valence-electron chi connectivity index (χ0n) is 14.1. The van der Waals surface area contributed by atoms with Crippen LogP contribution in [0, 0.1) is 0 Å². The van der Waals surface area contributed by atoms with Gasteiger partial charge in [0, 0.05) is 6.54 Å². The topological polar surface area (TPSA) is 58.7 Å². The Bertz CT molecular complexity index is 847. The van der Waals surface area contributed by atoms with Crippen LogP contribution in [-0.2, 0) is 11.3 Å². The van der Waals surface area contributed by atoms with Crippen LogP contribution in [0.5, 0.6) is 0 Å². The van der Waals surface area contributed by atoms with E-state index in [1.54, 1.807) is 12.1 Å². The highest BCUT2D eigenvalue weighted by molar-refractivity contribution is 6.42. The average Bonchev–Trinajstić information content (AvgIpc) is 2.77. The highest BCUT2D eigenvalue weighted by atomic mass is 35.5. The van der Waals surface area contributed by atoms with E-state index < -0.39 is 5.54 Å². The SMILES string of the molecule is CC1(C)C(=Nc2cc(Cl)c(Cl)cc2N)CC(=O)N1Cc1ccccc1. The molecule has 4 nitrogen and oxygen atoms in total. The maximum atomic E-state index is 12.6. The van der Waals surface area contributed by atoms with Gasteiger partial charge in [-0.1, -0.05) is 53.5 Å². The van der Waals surface area contributed by atoms with E-state index in [1.165, 1.54) is 0 Å². The van der Waals surface area contributed by atoms with Crippen molar-refractivity contribution in [1.29, 1.82) is 0 Å². The molecule has 1 heterocycles. The average molecular weight is 376 g/mol. The normalized spacial score (nSPS) is 18.2. The minimum Gasteiger partial charge on any atom is -0.397 e.